The number of nitrogens with one attached hydrogen (secondary N) is 1. The predicted octanol–water partition coefficient (Wildman–Crippen LogP) is 4.26. The number of hydrogen-bond acceptors (Lipinski definition) is 3. The first-order valence-corrected chi connectivity index (χ1v) is 13.0. The quantitative estimate of drug-likeness (QED) is 0.324. The van der Waals surface area contributed by atoms with Crippen molar-refractivity contribution in [2.45, 2.75) is 44.9 Å². The van der Waals surface area contributed by atoms with E-state index in [1.54, 1.807) is 0 Å². The monoisotopic (exact) mass is 398 g/mol. The molecule has 0 heterocycles. The van der Waals surface area contributed by atoms with Crippen LogP contribution in [0.25, 0.3) is 0 Å². The van der Waals surface area contributed by atoms with Crippen LogP contribution in [0.1, 0.15) is 33.1 Å². The molecule has 0 radical (unpaired) electrons. The average Bonchev–Trinajstić information content (AvgIpc) is 2.26. The largest absolute Gasteiger partial charge is 0.328 e. The molecule has 20 heavy (non-hydrogen) atoms. The highest BCUT2D eigenvalue weighted by molar-refractivity contribution is 9.11. The van der Waals surface area contributed by atoms with Gasteiger partial charge in [-0.05, 0) is 31.4 Å². The minimum atomic E-state index is -1.30. The standard InChI is InChI=1S/C13H28BrN3P3/c1-4-5-11(14)7-10(6-9(2)15)12(16)8-13(17)20(3,18)19/h5,7,9,13,16H,4,6,8,15,17-19H2,1-3H3/q+1/b10-7+,11-5+,16-12?. The maximum absolute atomic E-state index is 8.32. The van der Waals surface area contributed by atoms with Gasteiger partial charge in [0.15, 0.2) is 0 Å². The fourth-order valence-electron chi connectivity index (χ4n) is 1.57. The van der Waals surface area contributed by atoms with Gasteiger partial charge >= 0.3 is 0 Å². The minimum absolute atomic E-state index is 0.00964. The lowest BCUT2D eigenvalue weighted by Gasteiger charge is -2.21. The molecule has 0 aliphatic rings. The van der Waals surface area contributed by atoms with Gasteiger partial charge in [-0.15, -0.1) is 0 Å². The van der Waals surface area contributed by atoms with Crippen LogP contribution in [0.2, 0.25) is 0 Å². The Morgan fingerprint density at radius 3 is 2.30 bits per heavy atom. The molecule has 0 spiro atoms. The Hall–Kier alpha value is 0.840. The molecular formula is C13H28BrN3P3+. The zero-order valence-corrected chi connectivity index (χ0v) is 17.4. The number of halogens is 1. The maximum atomic E-state index is 8.32. The Morgan fingerprint density at radius 2 is 1.90 bits per heavy atom. The Morgan fingerprint density at radius 1 is 1.35 bits per heavy atom. The van der Waals surface area contributed by atoms with Gasteiger partial charge in [-0.1, -0.05) is 28.9 Å². The molecule has 4 atom stereocenters. The second-order valence-electron chi connectivity index (χ2n) is 5.32. The van der Waals surface area contributed by atoms with Crippen molar-refractivity contribution in [1.29, 1.82) is 5.41 Å². The number of rotatable bonds is 8. The van der Waals surface area contributed by atoms with Gasteiger partial charge in [0.1, 0.15) is 5.78 Å². The van der Waals surface area contributed by atoms with E-state index in [0.717, 1.165) is 16.5 Å². The molecular weight excluding hydrogens is 371 g/mol. The van der Waals surface area contributed by atoms with Crippen LogP contribution in [-0.4, -0.2) is 24.2 Å². The first-order chi connectivity index (χ1) is 9.07. The second-order valence-corrected chi connectivity index (χ2v) is 17.8. The van der Waals surface area contributed by atoms with Crippen LogP contribution >= 0.6 is 40.4 Å². The Kier molecular flexibility index (Phi) is 10.2. The van der Waals surface area contributed by atoms with Gasteiger partial charge in [-0.2, -0.15) is 0 Å². The first kappa shape index (κ1) is 20.8. The van der Waals surface area contributed by atoms with Crippen LogP contribution in [0.4, 0.5) is 0 Å². The fraction of sp³-hybridized carbons (Fsp3) is 0.615. The molecule has 0 aromatic heterocycles. The summed E-state index contributed by atoms with van der Waals surface area (Å²) in [6.07, 6.45) is 6.32. The third kappa shape index (κ3) is 8.98. The van der Waals surface area contributed by atoms with E-state index >= 15 is 0 Å². The van der Waals surface area contributed by atoms with E-state index in [1.807, 2.05) is 13.0 Å². The number of hydrogen-bond donors (Lipinski definition) is 3. The van der Waals surface area contributed by atoms with Crippen molar-refractivity contribution in [2.75, 3.05) is 6.66 Å². The van der Waals surface area contributed by atoms with Crippen LogP contribution in [0.5, 0.6) is 0 Å². The number of allylic oxidation sites excluding steroid dienone is 3. The number of nitrogens with two attached hydrogens (primary N) is 2. The Bertz CT molecular complexity index is 387. The normalized spacial score (nSPS) is 17.0. The van der Waals surface area contributed by atoms with Crippen molar-refractivity contribution in [1.82, 2.24) is 0 Å². The lowest BCUT2D eigenvalue weighted by atomic mass is 10.00. The molecule has 5 N–H and O–H groups in total. The zero-order chi connectivity index (χ0) is 15.9. The average molecular weight is 399 g/mol. The summed E-state index contributed by atoms with van der Waals surface area (Å²) in [5, 5.41) is 8.32. The lowest BCUT2D eigenvalue weighted by Crippen LogP contribution is -2.25. The summed E-state index contributed by atoms with van der Waals surface area (Å²) in [5.41, 5.74) is 13.6. The van der Waals surface area contributed by atoms with Crippen molar-refractivity contribution in [2.24, 2.45) is 11.5 Å². The van der Waals surface area contributed by atoms with E-state index in [2.05, 4.69) is 53.5 Å². The molecule has 0 bridgehead atoms. The van der Waals surface area contributed by atoms with Gasteiger partial charge in [-0.25, -0.2) is 0 Å². The van der Waals surface area contributed by atoms with Crippen LogP contribution in [-0.2, 0) is 0 Å². The van der Waals surface area contributed by atoms with Crippen molar-refractivity contribution in [3.05, 3.63) is 22.2 Å². The van der Waals surface area contributed by atoms with Gasteiger partial charge in [0.05, 0.1) is 13.3 Å². The predicted molar refractivity (Wildman–Crippen MR) is 106 cm³/mol. The third-order valence-corrected chi connectivity index (χ3v) is 7.23. The van der Waals surface area contributed by atoms with E-state index in [-0.39, 0.29) is 11.8 Å². The van der Waals surface area contributed by atoms with Gasteiger partial charge in [0.25, 0.3) is 0 Å². The Labute approximate surface area is 137 Å². The molecule has 0 saturated heterocycles. The summed E-state index contributed by atoms with van der Waals surface area (Å²) in [6, 6.07) is 0.0351. The summed E-state index contributed by atoms with van der Waals surface area (Å²) in [4.78, 5) is 0. The van der Waals surface area contributed by atoms with Crippen LogP contribution < -0.4 is 11.5 Å². The minimum Gasteiger partial charge on any atom is -0.328 e. The van der Waals surface area contributed by atoms with Gasteiger partial charge in [-0.3, -0.25) is 5.73 Å². The molecule has 0 amide bonds. The van der Waals surface area contributed by atoms with E-state index in [1.165, 1.54) is 0 Å². The summed E-state index contributed by atoms with van der Waals surface area (Å²) >= 11 is 3.52. The first-order valence-electron chi connectivity index (χ1n) is 6.66. The van der Waals surface area contributed by atoms with Crippen molar-refractivity contribution < 1.29 is 0 Å². The smallest absolute Gasteiger partial charge is 0.125 e. The maximum Gasteiger partial charge on any atom is 0.125 e. The van der Waals surface area contributed by atoms with E-state index in [9.17, 15) is 0 Å². The highest BCUT2D eigenvalue weighted by atomic mass is 79.9. The summed E-state index contributed by atoms with van der Waals surface area (Å²) in [5.74, 6) is 0.00964. The van der Waals surface area contributed by atoms with Gasteiger partial charge < -0.3 is 11.1 Å². The molecule has 0 rings (SSSR count). The van der Waals surface area contributed by atoms with Gasteiger partial charge in [0, 0.05) is 40.5 Å². The summed E-state index contributed by atoms with van der Waals surface area (Å²) in [6.45, 7) is 4.89. The Balaban J connectivity index is 5.05. The summed E-state index contributed by atoms with van der Waals surface area (Å²) < 4.78 is 1.00. The van der Waals surface area contributed by atoms with Crippen LogP contribution in [0.3, 0.4) is 0 Å². The molecule has 3 nitrogen and oxygen atoms in total. The molecule has 0 saturated carbocycles. The zero-order valence-electron chi connectivity index (χ0n) is 12.6. The fourth-order valence-corrected chi connectivity index (χ4v) is 3.38. The van der Waals surface area contributed by atoms with Crippen molar-refractivity contribution >= 4 is 46.1 Å². The SMILES string of the molecule is CC/C=C(Br)\C=C(/CC(C)N)C(=N)CC(N)[P+](C)(P)P. The van der Waals surface area contributed by atoms with E-state index in [0.29, 0.717) is 18.6 Å². The molecule has 0 fully saturated rings. The highest BCUT2D eigenvalue weighted by Crippen LogP contribution is 2.73. The molecule has 0 aliphatic carbocycles. The molecule has 116 valence electrons. The van der Waals surface area contributed by atoms with Crippen LogP contribution in [0, 0.1) is 5.41 Å². The molecule has 0 aromatic rings. The van der Waals surface area contributed by atoms with Crippen LogP contribution in [0.15, 0.2) is 22.2 Å². The molecule has 7 heteroatoms. The van der Waals surface area contributed by atoms with Crippen molar-refractivity contribution in [3.63, 3.8) is 0 Å². The van der Waals surface area contributed by atoms with E-state index < -0.39 is 6.64 Å². The van der Waals surface area contributed by atoms with Crippen molar-refractivity contribution in [3.8, 4) is 0 Å². The molecule has 0 aliphatic heterocycles. The van der Waals surface area contributed by atoms with Gasteiger partial charge in [0.2, 0.25) is 0 Å². The molecule has 4 unspecified atom stereocenters. The lowest BCUT2D eigenvalue weighted by molar-refractivity contribution is 0.741. The second kappa shape index (κ2) is 9.78. The highest BCUT2D eigenvalue weighted by Gasteiger charge is 2.30. The summed E-state index contributed by atoms with van der Waals surface area (Å²) in [7, 11) is 5.65. The molecule has 0 aromatic carbocycles. The third-order valence-electron chi connectivity index (χ3n) is 2.77. The van der Waals surface area contributed by atoms with E-state index in [4.69, 9.17) is 16.9 Å². The topological polar surface area (TPSA) is 75.9 Å².